The van der Waals surface area contributed by atoms with E-state index in [9.17, 15) is 8.42 Å². The van der Waals surface area contributed by atoms with Crippen LogP contribution >= 0.6 is 0 Å². The molecule has 0 saturated heterocycles. The van der Waals surface area contributed by atoms with Crippen LogP contribution in [0.3, 0.4) is 0 Å². The van der Waals surface area contributed by atoms with E-state index in [2.05, 4.69) is 24.3 Å². The molecule has 0 N–H and O–H groups in total. The highest BCUT2D eigenvalue weighted by atomic mass is 32.2. The van der Waals surface area contributed by atoms with E-state index in [1.165, 1.54) is 36.8 Å². The minimum Gasteiger partial charge on any atom is -0.270 e. The van der Waals surface area contributed by atoms with E-state index in [0.29, 0.717) is 0 Å². The van der Waals surface area contributed by atoms with Gasteiger partial charge in [-0.2, -0.15) is 8.42 Å². The van der Waals surface area contributed by atoms with Crippen molar-refractivity contribution in [1.82, 2.24) is 0 Å². The summed E-state index contributed by atoms with van der Waals surface area (Å²) < 4.78 is 27.2. The van der Waals surface area contributed by atoms with Crippen LogP contribution in [-0.2, 0) is 20.7 Å². The van der Waals surface area contributed by atoms with Crippen molar-refractivity contribution in [1.29, 1.82) is 0 Å². The van der Waals surface area contributed by atoms with Gasteiger partial charge in [0.05, 0.1) is 12.4 Å². The van der Waals surface area contributed by atoms with Crippen molar-refractivity contribution in [3.63, 3.8) is 0 Å². The Morgan fingerprint density at radius 1 is 1.15 bits per heavy atom. The third kappa shape index (κ3) is 4.60. The first kappa shape index (κ1) is 15.5. The molecule has 20 heavy (non-hydrogen) atoms. The number of hydrogen-bond acceptors (Lipinski definition) is 3. The smallest absolute Gasteiger partial charge is 0.267 e. The molecule has 112 valence electrons. The molecule has 1 aromatic rings. The van der Waals surface area contributed by atoms with Gasteiger partial charge < -0.3 is 0 Å². The molecule has 0 aliphatic heterocycles. The molecular weight excluding hydrogens is 272 g/mol. The fraction of sp³-hybridized carbons (Fsp3) is 0.625. The van der Waals surface area contributed by atoms with E-state index in [0.717, 1.165) is 18.8 Å². The maximum Gasteiger partial charge on any atom is 0.267 e. The first-order chi connectivity index (χ1) is 9.61. The number of aryl methyl sites for hydroxylation is 1. The molecule has 0 bridgehead atoms. The normalized spacial score (nSPS) is 16.6. The molecule has 2 rings (SSSR count). The molecule has 0 aromatic heterocycles. The van der Waals surface area contributed by atoms with Crippen LogP contribution < -0.4 is 0 Å². The second-order valence-corrected chi connectivity index (χ2v) is 7.42. The molecule has 0 heterocycles. The van der Waals surface area contributed by atoms with E-state index < -0.39 is 10.1 Å². The molecular formula is C16H24O3S. The zero-order valence-electron chi connectivity index (χ0n) is 12.2. The quantitative estimate of drug-likeness (QED) is 0.570. The molecule has 0 unspecified atom stereocenters. The minimum atomic E-state index is -3.29. The lowest BCUT2D eigenvalue weighted by atomic mass is 9.96. The highest BCUT2D eigenvalue weighted by Crippen LogP contribution is 2.33. The van der Waals surface area contributed by atoms with Gasteiger partial charge in [-0.15, -0.1) is 0 Å². The van der Waals surface area contributed by atoms with Gasteiger partial charge in [0.1, 0.15) is 0 Å². The summed E-state index contributed by atoms with van der Waals surface area (Å²) in [6.07, 6.45) is 6.96. The monoisotopic (exact) mass is 296 g/mol. The zero-order chi connectivity index (χ0) is 14.4. The summed E-state index contributed by atoms with van der Waals surface area (Å²) in [6.45, 7) is 1.87. The Hall–Kier alpha value is -0.870. The summed E-state index contributed by atoms with van der Waals surface area (Å²) >= 11 is 0. The lowest BCUT2D eigenvalue weighted by Gasteiger charge is -2.10. The maximum absolute atomic E-state index is 11.2. The van der Waals surface area contributed by atoms with Gasteiger partial charge in [0, 0.05) is 0 Å². The molecule has 1 saturated carbocycles. The molecule has 0 atom stereocenters. The highest BCUT2D eigenvalue weighted by Gasteiger charge is 2.16. The van der Waals surface area contributed by atoms with E-state index in [-0.39, 0.29) is 12.4 Å². The SMILES string of the molecule is CCS(=O)(=O)OCCCc1ccc(C2CCCC2)cc1. The van der Waals surface area contributed by atoms with Crippen LogP contribution in [-0.4, -0.2) is 20.8 Å². The van der Waals surface area contributed by atoms with Gasteiger partial charge >= 0.3 is 0 Å². The predicted octanol–water partition coefficient (Wildman–Crippen LogP) is 3.64. The summed E-state index contributed by atoms with van der Waals surface area (Å²) in [5.41, 5.74) is 2.71. The van der Waals surface area contributed by atoms with Gasteiger partial charge in [0.25, 0.3) is 10.1 Å². The van der Waals surface area contributed by atoms with Crippen molar-refractivity contribution >= 4 is 10.1 Å². The first-order valence-electron chi connectivity index (χ1n) is 7.56. The van der Waals surface area contributed by atoms with Gasteiger partial charge in [-0.05, 0) is 49.7 Å². The molecule has 0 spiro atoms. The summed E-state index contributed by atoms with van der Waals surface area (Å²) in [7, 11) is -3.29. The minimum absolute atomic E-state index is 0.0447. The second-order valence-electron chi connectivity index (χ2n) is 5.49. The van der Waals surface area contributed by atoms with Gasteiger partial charge in [0.2, 0.25) is 0 Å². The number of hydrogen-bond donors (Lipinski definition) is 0. The Kier molecular flexibility index (Phi) is 5.61. The van der Waals surface area contributed by atoms with E-state index in [1.807, 2.05) is 0 Å². The summed E-state index contributed by atoms with van der Waals surface area (Å²) in [5.74, 6) is 0.797. The molecule has 0 radical (unpaired) electrons. The fourth-order valence-electron chi connectivity index (χ4n) is 2.76. The Bertz CT molecular complexity index is 499. The van der Waals surface area contributed by atoms with Crippen LogP contribution in [0.4, 0.5) is 0 Å². The van der Waals surface area contributed by atoms with Crippen molar-refractivity contribution in [2.45, 2.75) is 51.4 Å². The third-order valence-corrected chi connectivity index (χ3v) is 5.27. The number of benzene rings is 1. The predicted molar refractivity (Wildman–Crippen MR) is 81.4 cm³/mol. The maximum atomic E-state index is 11.2. The summed E-state index contributed by atoms with van der Waals surface area (Å²) in [5, 5.41) is 0. The zero-order valence-corrected chi connectivity index (χ0v) is 13.0. The van der Waals surface area contributed by atoms with E-state index in [1.54, 1.807) is 6.92 Å². The van der Waals surface area contributed by atoms with Gasteiger partial charge in [-0.25, -0.2) is 0 Å². The van der Waals surface area contributed by atoms with Gasteiger partial charge in [-0.3, -0.25) is 4.18 Å². The topological polar surface area (TPSA) is 43.4 Å². The largest absolute Gasteiger partial charge is 0.270 e. The molecule has 4 heteroatoms. The fourth-order valence-corrected chi connectivity index (χ4v) is 3.30. The lowest BCUT2D eigenvalue weighted by Crippen LogP contribution is -2.09. The standard InChI is InChI=1S/C16H24O3S/c1-2-20(17,18)19-13-5-6-14-9-11-16(12-10-14)15-7-3-4-8-15/h9-12,15H,2-8,13H2,1H3. The van der Waals surface area contributed by atoms with Crippen LogP contribution in [0.5, 0.6) is 0 Å². The average Bonchev–Trinajstić information content (AvgIpc) is 2.98. The Balaban J connectivity index is 1.76. The van der Waals surface area contributed by atoms with Gasteiger partial charge in [0.15, 0.2) is 0 Å². The van der Waals surface area contributed by atoms with Crippen molar-refractivity contribution in [3.05, 3.63) is 35.4 Å². The van der Waals surface area contributed by atoms with E-state index >= 15 is 0 Å². The molecule has 1 aliphatic rings. The highest BCUT2D eigenvalue weighted by molar-refractivity contribution is 7.86. The van der Waals surface area contributed by atoms with Crippen molar-refractivity contribution in [2.75, 3.05) is 12.4 Å². The third-order valence-electron chi connectivity index (χ3n) is 4.03. The van der Waals surface area contributed by atoms with Crippen molar-refractivity contribution in [2.24, 2.45) is 0 Å². The van der Waals surface area contributed by atoms with E-state index in [4.69, 9.17) is 4.18 Å². The Morgan fingerprint density at radius 2 is 1.80 bits per heavy atom. The molecule has 1 fully saturated rings. The van der Waals surface area contributed by atoms with Crippen LogP contribution in [0.1, 0.15) is 56.1 Å². The first-order valence-corrected chi connectivity index (χ1v) is 9.14. The number of rotatable bonds is 7. The van der Waals surface area contributed by atoms with Crippen LogP contribution in [0.2, 0.25) is 0 Å². The van der Waals surface area contributed by atoms with Crippen molar-refractivity contribution in [3.8, 4) is 0 Å². The molecule has 3 nitrogen and oxygen atoms in total. The molecule has 1 aromatic carbocycles. The summed E-state index contributed by atoms with van der Waals surface area (Å²) in [6, 6.07) is 8.80. The van der Waals surface area contributed by atoms with Crippen molar-refractivity contribution < 1.29 is 12.6 Å². The summed E-state index contributed by atoms with van der Waals surface area (Å²) in [4.78, 5) is 0. The van der Waals surface area contributed by atoms with Gasteiger partial charge in [-0.1, -0.05) is 37.1 Å². The Labute approximate surface area is 122 Å². The molecule has 0 amide bonds. The Morgan fingerprint density at radius 3 is 2.40 bits per heavy atom. The second kappa shape index (κ2) is 7.23. The van der Waals surface area contributed by atoms with Crippen LogP contribution in [0, 0.1) is 0 Å². The average molecular weight is 296 g/mol. The van der Waals surface area contributed by atoms with Crippen LogP contribution in [0.15, 0.2) is 24.3 Å². The molecule has 1 aliphatic carbocycles. The lowest BCUT2D eigenvalue weighted by molar-refractivity contribution is 0.313. The van der Waals surface area contributed by atoms with Crippen LogP contribution in [0.25, 0.3) is 0 Å².